The monoisotopic (exact) mass is 193 g/mol. The number of carbonyl (C=O) groups is 1. The van der Waals surface area contributed by atoms with Crippen LogP contribution in [0.25, 0.3) is 0 Å². The molecule has 0 spiro atoms. The zero-order valence-electron chi connectivity index (χ0n) is 5.35. The first-order valence-electron chi connectivity index (χ1n) is 2.16. The van der Waals surface area contributed by atoms with E-state index in [1.165, 1.54) is 0 Å². The van der Waals surface area contributed by atoms with Crippen LogP contribution in [0.2, 0.25) is 0 Å². The summed E-state index contributed by atoms with van der Waals surface area (Å²) in [7, 11) is 0. The van der Waals surface area contributed by atoms with Crippen LogP contribution in [0.3, 0.4) is 0 Å². The van der Waals surface area contributed by atoms with E-state index in [9.17, 15) is 4.79 Å². The maximum atomic E-state index is 10.1. The summed E-state index contributed by atoms with van der Waals surface area (Å²) in [6.45, 7) is 0.888. The standard InChI is InChI=1S/C4H7NO.2ClH.2H2O/c6-4-2-1-3-5-4;;;;/h1-3H2,(H,5,6);2*1H;2*1H2. The molecule has 0 aromatic heterocycles. The third kappa shape index (κ3) is 7.97. The number of amides is 1. The lowest BCUT2D eigenvalue weighted by molar-refractivity contribution is -0.119. The van der Waals surface area contributed by atoms with Crippen molar-refractivity contribution in [1.82, 2.24) is 5.32 Å². The lowest BCUT2D eigenvalue weighted by atomic mass is 10.4. The smallest absolute Gasteiger partial charge is 0.220 e. The van der Waals surface area contributed by atoms with E-state index in [0.29, 0.717) is 0 Å². The van der Waals surface area contributed by atoms with Gasteiger partial charge in [-0.1, -0.05) is 0 Å². The molecule has 1 rings (SSSR count). The molecule has 5 N–H and O–H groups in total. The summed E-state index contributed by atoms with van der Waals surface area (Å²) >= 11 is 0. The second kappa shape index (κ2) is 11.7. The van der Waals surface area contributed by atoms with Crippen molar-refractivity contribution in [2.75, 3.05) is 6.54 Å². The molecule has 0 aromatic carbocycles. The van der Waals surface area contributed by atoms with Crippen molar-refractivity contribution in [2.45, 2.75) is 12.8 Å². The quantitative estimate of drug-likeness (QED) is 0.531. The van der Waals surface area contributed by atoms with Crippen LogP contribution in [0.5, 0.6) is 0 Å². The van der Waals surface area contributed by atoms with Crippen LogP contribution in [0.1, 0.15) is 12.8 Å². The zero-order valence-corrected chi connectivity index (χ0v) is 6.98. The van der Waals surface area contributed by atoms with Gasteiger partial charge in [-0.05, 0) is 6.42 Å². The molecule has 0 atom stereocenters. The predicted octanol–water partition coefficient (Wildman–Crippen LogP) is -0.909. The molecule has 0 saturated carbocycles. The van der Waals surface area contributed by atoms with Gasteiger partial charge in [-0.2, -0.15) is 0 Å². The topological polar surface area (TPSA) is 92.1 Å². The first-order valence-corrected chi connectivity index (χ1v) is 2.16. The summed E-state index contributed by atoms with van der Waals surface area (Å²) in [6, 6.07) is 0. The van der Waals surface area contributed by atoms with E-state index in [4.69, 9.17) is 0 Å². The Kier molecular flexibility index (Phi) is 26.4. The number of nitrogens with one attached hydrogen (secondary N) is 1. The highest BCUT2D eigenvalue weighted by Gasteiger charge is 2.05. The Labute approximate surface area is 71.8 Å². The van der Waals surface area contributed by atoms with Crippen molar-refractivity contribution >= 4 is 30.7 Å². The lowest BCUT2D eigenvalue weighted by Crippen LogP contribution is -2.12. The molecule has 1 amide bonds. The van der Waals surface area contributed by atoms with E-state index in [1.54, 1.807) is 0 Å². The van der Waals surface area contributed by atoms with Gasteiger partial charge in [-0.25, -0.2) is 0 Å². The average Bonchev–Trinajstić information content (AvgIpc) is 1.86. The Morgan fingerprint density at radius 3 is 1.80 bits per heavy atom. The molecule has 0 aliphatic carbocycles. The summed E-state index contributed by atoms with van der Waals surface area (Å²) in [5, 5.41) is 2.68. The van der Waals surface area contributed by atoms with Gasteiger partial charge in [0.15, 0.2) is 0 Å². The van der Waals surface area contributed by atoms with Crippen molar-refractivity contribution in [3.8, 4) is 0 Å². The Bertz CT molecular complexity index is 72.9. The largest absolute Gasteiger partial charge is 0.412 e. The van der Waals surface area contributed by atoms with Crippen molar-refractivity contribution in [3.63, 3.8) is 0 Å². The molecule has 1 heterocycles. The molecule has 1 fully saturated rings. The highest BCUT2D eigenvalue weighted by atomic mass is 35.5. The normalized spacial score (nSPS) is 12.6. The van der Waals surface area contributed by atoms with Crippen molar-refractivity contribution in [3.05, 3.63) is 0 Å². The summed E-state index contributed by atoms with van der Waals surface area (Å²) < 4.78 is 0. The molecule has 1 aliphatic rings. The van der Waals surface area contributed by atoms with Gasteiger partial charge >= 0.3 is 0 Å². The predicted molar refractivity (Wildman–Crippen MR) is 44.0 cm³/mol. The summed E-state index contributed by atoms with van der Waals surface area (Å²) in [4.78, 5) is 10.1. The van der Waals surface area contributed by atoms with E-state index in [1.807, 2.05) is 0 Å². The highest BCUT2D eigenvalue weighted by molar-refractivity contribution is 5.85. The molecule has 1 aliphatic heterocycles. The van der Waals surface area contributed by atoms with Crippen LogP contribution in [-0.4, -0.2) is 23.4 Å². The van der Waals surface area contributed by atoms with Crippen LogP contribution >= 0.6 is 24.8 Å². The molecule has 0 aromatic rings. The van der Waals surface area contributed by atoms with Crippen LogP contribution in [0, 0.1) is 0 Å². The van der Waals surface area contributed by atoms with Gasteiger partial charge in [0.05, 0.1) is 0 Å². The maximum Gasteiger partial charge on any atom is 0.220 e. The van der Waals surface area contributed by atoms with Crippen LogP contribution < -0.4 is 5.32 Å². The van der Waals surface area contributed by atoms with E-state index in [-0.39, 0.29) is 41.7 Å². The SMILES string of the molecule is Cl.Cl.O.O.O=C1CCCN1. The number of rotatable bonds is 0. The van der Waals surface area contributed by atoms with Crippen LogP contribution in [0.4, 0.5) is 0 Å². The van der Waals surface area contributed by atoms with Crippen LogP contribution in [-0.2, 0) is 4.79 Å². The molecule has 1 saturated heterocycles. The minimum Gasteiger partial charge on any atom is -0.412 e. The molecule has 66 valence electrons. The molecule has 6 heteroatoms. The van der Waals surface area contributed by atoms with Gasteiger partial charge in [-0.15, -0.1) is 24.8 Å². The van der Waals surface area contributed by atoms with Crippen molar-refractivity contribution in [1.29, 1.82) is 0 Å². The van der Waals surface area contributed by atoms with Gasteiger partial charge in [-0.3, -0.25) is 4.79 Å². The second-order valence-electron chi connectivity index (χ2n) is 1.45. The second-order valence-corrected chi connectivity index (χ2v) is 1.45. The molecule has 0 unspecified atom stereocenters. The first-order chi connectivity index (χ1) is 2.89. The molecule has 0 radical (unpaired) electrons. The molecule has 4 nitrogen and oxygen atoms in total. The zero-order chi connectivity index (χ0) is 4.41. The van der Waals surface area contributed by atoms with Gasteiger partial charge in [0.2, 0.25) is 5.91 Å². The third-order valence-electron chi connectivity index (χ3n) is 0.903. The maximum absolute atomic E-state index is 10.1. The fourth-order valence-electron chi connectivity index (χ4n) is 0.565. The van der Waals surface area contributed by atoms with Gasteiger partial charge in [0, 0.05) is 13.0 Å². The molecular weight excluding hydrogens is 181 g/mol. The minimum atomic E-state index is 0. The summed E-state index contributed by atoms with van der Waals surface area (Å²) in [5.41, 5.74) is 0. The third-order valence-corrected chi connectivity index (χ3v) is 0.903. The number of halogens is 2. The molecule has 10 heavy (non-hydrogen) atoms. The van der Waals surface area contributed by atoms with Gasteiger partial charge in [0.1, 0.15) is 0 Å². The van der Waals surface area contributed by atoms with Crippen LogP contribution in [0.15, 0.2) is 0 Å². The Morgan fingerprint density at radius 1 is 1.20 bits per heavy atom. The minimum absolute atomic E-state index is 0. The van der Waals surface area contributed by atoms with Gasteiger partial charge < -0.3 is 16.3 Å². The van der Waals surface area contributed by atoms with Gasteiger partial charge in [0.25, 0.3) is 0 Å². The Morgan fingerprint density at radius 2 is 1.70 bits per heavy atom. The number of carbonyl (C=O) groups excluding carboxylic acids is 1. The van der Waals surface area contributed by atoms with Crippen molar-refractivity contribution in [2.24, 2.45) is 0 Å². The summed E-state index contributed by atoms with van der Waals surface area (Å²) in [5.74, 6) is 0.204. The molecule has 0 bridgehead atoms. The van der Waals surface area contributed by atoms with E-state index in [0.717, 1.165) is 19.4 Å². The Balaban J connectivity index is -0.0000000450. The fraction of sp³-hybridized carbons (Fsp3) is 0.750. The van der Waals surface area contributed by atoms with E-state index < -0.39 is 0 Å². The molecular formula is C4H13Cl2NO3. The first kappa shape index (κ1) is 22.5. The number of hydrogen-bond acceptors (Lipinski definition) is 1. The van der Waals surface area contributed by atoms with Crippen molar-refractivity contribution < 1.29 is 15.7 Å². The summed E-state index contributed by atoms with van der Waals surface area (Å²) in [6.07, 6.45) is 1.76. The number of hydrogen-bond donors (Lipinski definition) is 1. The average molecular weight is 194 g/mol. The highest BCUT2D eigenvalue weighted by Crippen LogP contribution is 1.93. The van der Waals surface area contributed by atoms with E-state index >= 15 is 0 Å². The fourth-order valence-corrected chi connectivity index (χ4v) is 0.565. The lowest BCUT2D eigenvalue weighted by Gasteiger charge is -1.80. The Hall–Kier alpha value is -0.0300. The van der Waals surface area contributed by atoms with E-state index in [2.05, 4.69) is 5.32 Å².